The first-order chi connectivity index (χ1) is 8.93. The van der Waals surface area contributed by atoms with Crippen LogP contribution in [0.25, 0.3) is 27.7 Å². The van der Waals surface area contributed by atoms with Crippen LogP contribution in [0.2, 0.25) is 0 Å². The van der Waals surface area contributed by atoms with Crippen LogP contribution in [-0.4, -0.2) is 24.6 Å². The number of nitrogens with zero attached hydrogens (tertiary/aromatic N) is 4. The van der Waals surface area contributed by atoms with Gasteiger partial charge in [0, 0.05) is 23.3 Å². The van der Waals surface area contributed by atoms with Crippen LogP contribution in [0.3, 0.4) is 0 Å². The Labute approximate surface area is 102 Å². The third-order valence-corrected chi connectivity index (χ3v) is 3.07. The number of imidazole rings is 1. The Morgan fingerprint density at radius 2 is 2.17 bits per heavy atom. The Morgan fingerprint density at radius 3 is 3.17 bits per heavy atom. The Bertz CT molecular complexity index is 842. The monoisotopic (exact) mass is 235 g/mol. The summed E-state index contributed by atoms with van der Waals surface area (Å²) < 4.78 is 1.96. The number of benzene rings is 1. The summed E-state index contributed by atoms with van der Waals surface area (Å²) in [7, 11) is 0. The number of H-pyrrole nitrogens is 1. The number of hydrogen-bond acceptors (Lipinski definition) is 3. The van der Waals surface area contributed by atoms with Crippen LogP contribution >= 0.6 is 0 Å². The van der Waals surface area contributed by atoms with Gasteiger partial charge in [-0.05, 0) is 0 Å². The minimum Gasteiger partial charge on any atom is -0.303 e. The molecule has 0 bridgehead atoms. The van der Waals surface area contributed by atoms with Gasteiger partial charge in [0.05, 0.1) is 29.1 Å². The number of aromatic amines is 1. The standard InChI is InChI=1S/C13H9N5/c1-2-9-6-16-17-12(9)10(3-1)13-11-7-14-4-5-18(11)8-15-13/h1-8H,(H,16,17). The van der Waals surface area contributed by atoms with Gasteiger partial charge >= 0.3 is 0 Å². The highest BCUT2D eigenvalue weighted by molar-refractivity contribution is 5.96. The average molecular weight is 235 g/mol. The van der Waals surface area contributed by atoms with E-state index in [1.54, 1.807) is 12.5 Å². The summed E-state index contributed by atoms with van der Waals surface area (Å²) in [5.41, 5.74) is 3.94. The molecule has 0 spiro atoms. The maximum absolute atomic E-state index is 4.47. The van der Waals surface area contributed by atoms with Crippen LogP contribution < -0.4 is 0 Å². The Hall–Kier alpha value is -2.69. The third-order valence-electron chi connectivity index (χ3n) is 3.07. The van der Waals surface area contributed by atoms with Crippen LogP contribution in [0.1, 0.15) is 0 Å². The van der Waals surface area contributed by atoms with Crippen molar-refractivity contribution in [3.05, 3.63) is 49.3 Å². The molecule has 4 aromatic rings. The number of fused-ring (bicyclic) bond motifs is 2. The largest absolute Gasteiger partial charge is 0.303 e. The van der Waals surface area contributed by atoms with E-state index in [9.17, 15) is 0 Å². The number of para-hydroxylation sites is 1. The molecular weight excluding hydrogens is 226 g/mol. The third kappa shape index (κ3) is 1.18. The van der Waals surface area contributed by atoms with Gasteiger partial charge in [-0.1, -0.05) is 18.2 Å². The smallest absolute Gasteiger partial charge is 0.100 e. The molecule has 18 heavy (non-hydrogen) atoms. The van der Waals surface area contributed by atoms with Gasteiger partial charge in [0.2, 0.25) is 0 Å². The lowest BCUT2D eigenvalue weighted by molar-refractivity contribution is 1.11. The van der Waals surface area contributed by atoms with Crippen LogP contribution in [0.4, 0.5) is 0 Å². The van der Waals surface area contributed by atoms with Crippen LogP contribution in [-0.2, 0) is 0 Å². The first-order valence-electron chi connectivity index (χ1n) is 5.62. The second-order valence-corrected chi connectivity index (χ2v) is 4.10. The number of rotatable bonds is 1. The molecule has 3 aromatic heterocycles. The molecule has 1 N–H and O–H groups in total. The van der Waals surface area contributed by atoms with Crippen molar-refractivity contribution in [1.29, 1.82) is 0 Å². The topological polar surface area (TPSA) is 58.9 Å². The number of hydrogen-bond donors (Lipinski definition) is 1. The molecule has 4 rings (SSSR count). The lowest BCUT2D eigenvalue weighted by Crippen LogP contribution is -1.85. The van der Waals surface area contributed by atoms with Gasteiger partial charge in [-0.3, -0.25) is 10.1 Å². The average Bonchev–Trinajstić information content (AvgIpc) is 3.05. The summed E-state index contributed by atoms with van der Waals surface area (Å²) >= 11 is 0. The molecule has 0 unspecified atom stereocenters. The number of aromatic nitrogens is 5. The highest BCUT2D eigenvalue weighted by atomic mass is 15.1. The van der Waals surface area contributed by atoms with Crippen LogP contribution in [0, 0.1) is 0 Å². The van der Waals surface area contributed by atoms with Gasteiger partial charge in [-0.2, -0.15) is 5.10 Å². The van der Waals surface area contributed by atoms with Gasteiger partial charge in [0.1, 0.15) is 6.33 Å². The molecule has 0 aliphatic rings. The van der Waals surface area contributed by atoms with Gasteiger partial charge in [0.15, 0.2) is 0 Å². The van der Waals surface area contributed by atoms with Crippen molar-refractivity contribution >= 4 is 16.4 Å². The molecule has 1 aromatic carbocycles. The summed E-state index contributed by atoms with van der Waals surface area (Å²) in [6.07, 6.45) is 9.06. The van der Waals surface area contributed by atoms with Crippen molar-refractivity contribution in [1.82, 2.24) is 24.6 Å². The van der Waals surface area contributed by atoms with Gasteiger partial charge in [-0.15, -0.1) is 0 Å². The lowest BCUT2D eigenvalue weighted by atomic mass is 10.1. The summed E-state index contributed by atoms with van der Waals surface area (Å²) in [5, 5.41) is 8.18. The van der Waals surface area contributed by atoms with Crippen molar-refractivity contribution in [2.24, 2.45) is 0 Å². The molecule has 0 atom stereocenters. The first kappa shape index (κ1) is 9.35. The van der Waals surface area contributed by atoms with E-state index in [1.807, 2.05) is 41.2 Å². The molecule has 0 saturated heterocycles. The summed E-state index contributed by atoms with van der Waals surface area (Å²) in [6.45, 7) is 0. The summed E-state index contributed by atoms with van der Waals surface area (Å²) in [5.74, 6) is 0. The molecule has 0 aliphatic heterocycles. The SMILES string of the molecule is c1cc(-c2ncn3ccncc23)c2[nH]ncc2c1. The molecule has 0 saturated carbocycles. The maximum Gasteiger partial charge on any atom is 0.100 e. The zero-order valence-corrected chi connectivity index (χ0v) is 9.41. The minimum absolute atomic E-state index is 0.915. The van der Waals surface area contributed by atoms with E-state index in [4.69, 9.17) is 0 Å². The molecule has 0 fully saturated rings. The highest BCUT2D eigenvalue weighted by Gasteiger charge is 2.11. The first-order valence-corrected chi connectivity index (χ1v) is 5.62. The van der Waals surface area contributed by atoms with Crippen molar-refractivity contribution < 1.29 is 0 Å². The van der Waals surface area contributed by atoms with E-state index in [1.165, 1.54) is 0 Å². The fourth-order valence-corrected chi connectivity index (χ4v) is 2.21. The Balaban J connectivity index is 2.10. The van der Waals surface area contributed by atoms with E-state index < -0.39 is 0 Å². The van der Waals surface area contributed by atoms with Gasteiger partial charge < -0.3 is 4.40 Å². The van der Waals surface area contributed by atoms with Gasteiger partial charge in [0.25, 0.3) is 0 Å². The van der Waals surface area contributed by atoms with E-state index in [0.717, 1.165) is 27.7 Å². The highest BCUT2D eigenvalue weighted by Crippen LogP contribution is 2.28. The molecule has 0 radical (unpaired) electrons. The molecular formula is C13H9N5. The van der Waals surface area contributed by atoms with E-state index in [-0.39, 0.29) is 0 Å². The predicted molar refractivity (Wildman–Crippen MR) is 68.1 cm³/mol. The maximum atomic E-state index is 4.47. The number of nitrogens with one attached hydrogen (secondary N) is 1. The molecule has 3 heterocycles. The molecule has 0 aliphatic carbocycles. The van der Waals surface area contributed by atoms with Crippen LogP contribution in [0.5, 0.6) is 0 Å². The molecule has 5 nitrogen and oxygen atoms in total. The summed E-state index contributed by atoms with van der Waals surface area (Å²) in [4.78, 5) is 8.62. The molecule has 5 heteroatoms. The van der Waals surface area contributed by atoms with Crippen molar-refractivity contribution in [2.45, 2.75) is 0 Å². The zero-order valence-electron chi connectivity index (χ0n) is 9.41. The molecule has 0 amide bonds. The quantitative estimate of drug-likeness (QED) is 0.550. The zero-order chi connectivity index (χ0) is 11.9. The normalized spacial score (nSPS) is 11.3. The predicted octanol–water partition coefficient (Wildman–Crippen LogP) is 2.27. The Kier molecular flexibility index (Phi) is 1.77. The van der Waals surface area contributed by atoms with E-state index in [0.29, 0.717) is 0 Å². The van der Waals surface area contributed by atoms with Crippen molar-refractivity contribution in [2.75, 3.05) is 0 Å². The fraction of sp³-hybridized carbons (Fsp3) is 0. The van der Waals surface area contributed by atoms with Gasteiger partial charge in [-0.25, -0.2) is 4.98 Å². The second-order valence-electron chi connectivity index (χ2n) is 4.10. The van der Waals surface area contributed by atoms with Crippen molar-refractivity contribution in [3.63, 3.8) is 0 Å². The van der Waals surface area contributed by atoms with E-state index in [2.05, 4.69) is 20.2 Å². The second kappa shape index (κ2) is 3.40. The summed E-state index contributed by atoms with van der Waals surface area (Å²) in [6, 6.07) is 6.07. The van der Waals surface area contributed by atoms with Crippen molar-refractivity contribution in [3.8, 4) is 11.3 Å². The fourth-order valence-electron chi connectivity index (χ4n) is 2.21. The van der Waals surface area contributed by atoms with E-state index >= 15 is 0 Å². The Morgan fingerprint density at radius 1 is 1.17 bits per heavy atom. The minimum atomic E-state index is 0.915. The molecule has 86 valence electrons. The van der Waals surface area contributed by atoms with Crippen LogP contribution in [0.15, 0.2) is 49.3 Å². The lowest BCUT2D eigenvalue weighted by Gasteiger charge is -2.00.